The summed E-state index contributed by atoms with van der Waals surface area (Å²) in [6.07, 6.45) is 3.23. The first-order chi connectivity index (χ1) is 7.11. The second-order valence-corrected chi connectivity index (χ2v) is 5.25. The highest BCUT2D eigenvalue weighted by Crippen LogP contribution is 2.28. The Balaban J connectivity index is 0.00000128. The van der Waals surface area contributed by atoms with Crippen LogP contribution in [-0.4, -0.2) is 18.0 Å². The molecule has 3 nitrogen and oxygen atoms in total. The smallest absolute Gasteiger partial charge is 0.261 e. The van der Waals surface area contributed by atoms with Gasteiger partial charge >= 0.3 is 0 Å². The van der Waals surface area contributed by atoms with Gasteiger partial charge in [0.15, 0.2) is 0 Å². The van der Waals surface area contributed by atoms with Gasteiger partial charge in [0.05, 0.1) is 4.88 Å². The largest absolute Gasteiger partial charge is 0.349 e. The molecule has 16 heavy (non-hydrogen) atoms. The zero-order valence-corrected chi connectivity index (χ0v) is 10.9. The lowest BCUT2D eigenvalue weighted by molar-refractivity contribution is 0.0933. The Morgan fingerprint density at radius 2 is 2.31 bits per heavy atom. The number of halogens is 1. The van der Waals surface area contributed by atoms with E-state index in [0.717, 1.165) is 23.3 Å². The third-order valence-corrected chi connectivity index (χ3v) is 4.03. The Kier molecular flexibility index (Phi) is 4.35. The first-order valence-electron chi connectivity index (χ1n) is 5.22. The molecule has 2 rings (SSSR count). The zero-order chi connectivity index (χ0) is 10.9. The number of carbonyl (C=O) groups excluding carboxylic acids is 1. The number of carbonyl (C=O) groups is 1. The van der Waals surface area contributed by atoms with E-state index in [0.29, 0.717) is 6.54 Å². The van der Waals surface area contributed by atoms with E-state index in [4.69, 9.17) is 5.73 Å². The molecule has 0 atom stereocenters. The number of rotatable bonds is 3. The van der Waals surface area contributed by atoms with E-state index in [1.54, 1.807) is 0 Å². The number of aryl methyl sites for hydroxylation is 1. The van der Waals surface area contributed by atoms with Crippen LogP contribution in [0.1, 0.15) is 34.5 Å². The van der Waals surface area contributed by atoms with E-state index in [2.05, 4.69) is 5.32 Å². The van der Waals surface area contributed by atoms with E-state index in [9.17, 15) is 4.79 Å². The Morgan fingerprint density at radius 1 is 1.62 bits per heavy atom. The van der Waals surface area contributed by atoms with Gasteiger partial charge in [-0.05, 0) is 43.2 Å². The van der Waals surface area contributed by atoms with Crippen LogP contribution in [0.2, 0.25) is 0 Å². The molecule has 0 aliphatic heterocycles. The molecule has 90 valence electrons. The quantitative estimate of drug-likeness (QED) is 0.874. The van der Waals surface area contributed by atoms with E-state index >= 15 is 0 Å². The van der Waals surface area contributed by atoms with Gasteiger partial charge in [-0.25, -0.2) is 0 Å². The van der Waals surface area contributed by atoms with Crippen molar-refractivity contribution in [3.05, 3.63) is 21.9 Å². The monoisotopic (exact) mass is 260 g/mol. The zero-order valence-electron chi connectivity index (χ0n) is 9.29. The summed E-state index contributed by atoms with van der Waals surface area (Å²) >= 11 is 1.48. The van der Waals surface area contributed by atoms with E-state index in [1.807, 2.05) is 18.4 Å². The molecule has 1 aromatic heterocycles. The average Bonchev–Trinajstić information content (AvgIpc) is 2.58. The molecule has 1 aromatic rings. The van der Waals surface area contributed by atoms with Crippen molar-refractivity contribution in [2.75, 3.05) is 6.54 Å². The molecule has 1 amide bonds. The lowest BCUT2D eigenvalue weighted by atomic mass is 9.78. The second-order valence-electron chi connectivity index (χ2n) is 4.33. The van der Waals surface area contributed by atoms with Crippen molar-refractivity contribution in [1.29, 1.82) is 0 Å². The fraction of sp³-hybridized carbons (Fsp3) is 0.545. The number of hydrogen-bond acceptors (Lipinski definition) is 3. The molecule has 1 saturated carbocycles. The van der Waals surface area contributed by atoms with Crippen LogP contribution in [0.3, 0.4) is 0 Å². The maximum atomic E-state index is 11.8. The Morgan fingerprint density at radius 3 is 2.75 bits per heavy atom. The highest BCUT2D eigenvalue weighted by atomic mass is 35.5. The van der Waals surface area contributed by atoms with Crippen LogP contribution in [0.25, 0.3) is 0 Å². The summed E-state index contributed by atoms with van der Waals surface area (Å²) in [5.74, 6) is 0.0132. The molecule has 0 spiro atoms. The van der Waals surface area contributed by atoms with Crippen molar-refractivity contribution in [1.82, 2.24) is 5.32 Å². The van der Waals surface area contributed by atoms with E-state index in [1.165, 1.54) is 17.8 Å². The predicted molar refractivity (Wildman–Crippen MR) is 69.4 cm³/mol. The predicted octanol–water partition coefficient (Wildman–Crippen LogP) is 2.09. The molecule has 0 radical (unpaired) electrons. The van der Waals surface area contributed by atoms with Gasteiger partial charge in [-0.1, -0.05) is 0 Å². The molecule has 0 bridgehead atoms. The summed E-state index contributed by atoms with van der Waals surface area (Å²) in [6.45, 7) is 2.55. The van der Waals surface area contributed by atoms with Crippen LogP contribution in [0.15, 0.2) is 11.4 Å². The second kappa shape index (κ2) is 5.17. The lowest BCUT2D eigenvalue weighted by Crippen LogP contribution is -2.54. The van der Waals surface area contributed by atoms with Crippen LogP contribution < -0.4 is 11.1 Å². The molecule has 1 fully saturated rings. The van der Waals surface area contributed by atoms with Crippen LogP contribution in [0.5, 0.6) is 0 Å². The van der Waals surface area contributed by atoms with Gasteiger partial charge in [0, 0.05) is 12.1 Å². The minimum atomic E-state index is -0.138. The first-order valence-corrected chi connectivity index (χ1v) is 6.10. The van der Waals surface area contributed by atoms with Gasteiger partial charge in [0.2, 0.25) is 0 Å². The van der Waals surface area contributed by atoms with Crippen molar-refractivity contribution in [2.45, 2.75) is 31.7 Å². The summed E-state index contributed by atoms with van der Waals surface area (Å²) in [7, 11) is 0. The molecule has 1 aliphatic rings. The van der Waals surface area contributed by atoms with Crippen LogP contribution in [-0.2, 0) is 0 Å². The number of nitrogens with one attached hydrogen (secondary N) is 1. The normalized spacial score (nSPS) is 17.1. The minimum absolute atomic E-state index is 0. The first kappa shape index (κ1) is 13.5. The summed E-state index contributed by atoms with van der Waals surface area (Å²) in [6, 6.07) is 1.96. The third kappa shape index (κ3) is 2.75. The van der Waals surface area contributed by atoms with Crippen molar-refractivity contribution in [2.24, 2.45) is 5.73 Å². The summed E-state index contributed by atoms with van der Waals surface area (Å²) < 4.78 is 0. The highest BCUT2D eigenvalue weighted by molar-refractivity contribution is 7.12. The number of nitrogens with two attached hydrogens (primary N) is 1. The molecule has 0 unspecified atom stereocenters. The topological polar surface area (TPSA) is 55.1 Å². The van der Waals surface area contributed by atoms with E-state index in [-0.39, 0.29) is 23.9 Å². The average molecular weight is 261 g/mol. The fourth-order valence-corrected chi connectivity index (χ4v) is 2.59. The lowest BCUT2D eigenvalue weighted by Gasteiger charge is -2.38. The molecule has 0 aromatic carbocycles. The molecule has 1 heterocycles. The van der Waals surface area contributed by atoms with Crippen molar-refractivity contribution < 1.29 is 4.79 Å². The molecule has 3 N–H and O–H groups in total. The van der Waals surface area contributed by atoms with Gasteiger partial charge < -0.3 is 11.1 Å². The van der Waals surface area contributed by atoms with Gasteiger partial charge in [0.25, 0.3) is 5.91 Å². The molecular weight excluding hydrogens is 244 g/mol. The Hall–Kier alpha value is -0.580. The Labute approximate surface area is 106 Å². The molecular formula is C11H17ClN2OS. The molecule has 1 aliphatic carbocycles. The van der Waals surface area contributed by atoms with Crippen LogP contribution >= 0.6 is 23.7 Å². The summed E-state index contributed by atoms with van der Waals surface area (Å²) in [5, 5.41) is 4.85. The SMILES string of the molecule is Cc1ccsc1C(=O)NCC1(N)CCC1.Cl. The van der Waals surface area contributed by atoms with E-state index < -0.39 is 0 Å². The van der Waals surface area contributed by atoms with Gasteiger partial charge in [-0.2, -0.15) is 0 Å². The molecule has 5 heteroatoms. The third-order valence-electron chi connectivity index (χ3n) is 3.02. The Bertz CT molecular complexity index is 374. The maximum absolute atomic E-state index is 11.8. The van der Waals surface area contributed by atoms with Crippen LogP contribution in [0.4, 0.5) is 0 Å². The van der Waals surface area contributed by atoms with Crippen molar-refractivity contribution >= 4 is 29.7 Å². The maximum Gasteiger partial charge on any atom is 0.261 e. The van der Waals surface area contributed by atoms with Gasteiger partial charge in [-0.15, -0.1) is 23.7 Å². The fourth-order valence-electron chi connectivity index (χ4n) is 1.75. The van der Waals surface area contributed by atoms with Crippen molar-refractivity contribution in [3.63, 3.8) is 0 Å². The number of thiophene rings is 1. The van der Waals surface area contributed by atoms with Crippen molar-refractivity contribution in [3.8, 4) is 0 Å². The minimum Gasteiger partial charge on any atom is -0.349 e. The number of hydrogen-bond donors (Lipinski definition) is 2. The van der Waals surface area contributed by atoms with Gasteiger partial charge in [0.1, 0.15) is 0 Å². The van der Waals surface area contributed by atoms with Crippen LogP contribution in [0, 0.1) is 6.92 Å². The summed E-state index contributed by atoms with van der Waals surface area (Å²) in [5.41, 5.74) is 6.93. The summed E-state index contributed by atoms with van der Waals surface area (Å²) in [4.78, 5) is 12.6. The highest BCUT2D eigenvalue weighted by Gasteiger charge is 2.32. The number of amides is 1. The molecule has 0 saturated heterocycles. The van der Waals surface area contributed by atoms with Gasteiger partial charge in [-0.3, -0.25) is 4.79 Å². The standard InChI is InChI=1S/C11H16N2OS.ClH/c1-8-3-6-15-9(8)10(14)13-7-11(12)4-2-5-11;/h3,6H,2,4-5,7,12H2,1H3,(H,13,14);1H.